The maximum atomic E-state index is 12.0. The third-order valence-electron chi connectivity index (χ3n) is 3.60. The first-order valence-corrected chi connectivity index (χ1v) is 6.79. The van der Waals surface area contributed by atoms with Crippen LogP contribution in [0.5, 0.6) is 0 Å². The molecule has 0 aromatic heterocycles. The molecule has 0 fully saturated rings. The van der Waals surface area contributed by atoms with E-state index in [1.807, 2.05) is 6.92 Å². The zero-order valence-electron chi connectivity index (χ0n) is 12.6. The van der Waals surface area contributed by atoms with Crippen LogP contribution in [0.1, 0.15) is 39.7 Å². The molecular weight excluding hydrogens is 254 g/mol. The minimum atomic E-state index is -0.908. The highest BCUT2D eigenvalue weighted by molar-refractivity contribution is 5.92. The van der Waals surface area contributed by atoms with E-state index in [1.54, 1.807) is 24.3 Å². The predicted molar refractivity (Wildman–Crippen MR) is 79.6 cm³/mol. The third kappa shape index (κ3) is 5.03. The summed E-state index contributed by atoms with van der Waals surface area (Å²) in [5.74, 6) is -0.742. The fourth-order valence-electron chi connectivity index (χ4n) is 1.74. The van der Waals surface area contributed by atoms with Crippen molar-refractivity contribution in [3.63, 3.8) is 0 Å². The zero-order chi connectivity index (χ0) is 15.3. The van der Waals surface area contributed by atoms with Gasteiger partial charge in [-0.15, -0.1) is 0 Å². The fraction of sp³-hybridized carbons (Fsp3) is 0.500. The van der Waals surface area contributed by atoms with Gasteiger partial charge in [0.25, 0.3) is 0 Å². The maximum absolute atomic E-state index is 12.0. The van der Waals surface area contributed by atoms with E-state index in [1.165, 1.54) is 0 Å². The SMILES string of the molecule is CC(CC(=O)Nc1ccccc1CC(=O)O)C(C)(C)C. The van der Waals surface area contributed by atoms with Crippen molar-refractivity contribution in [2.75, 3.05) is 5.32 Å². The standard InChI is InChI=1S/C16H23NO3/c1-11(16(2,3)4)9-14(18)17-13-8-6-5-7-12(13)10-15(19)20/h5-8,11H,9-10H2,1-4H3,(H,17,18)(H,19,20). The van der Waals surface area contributed by atoms with Crippen molar-refractivity contribution in [1.29, 1.82) is 0 Å². The van der Waals surface area contributed by atoms with Gasteiger partial charge in [0.1, 0.15) is 0 Å². The lowest BCUT2D eigenvalue weighted by Crippen LogP contribution is -2.24. The molecule has 1 aromatic carbocycles. The van der Waals surface area contributed by atoms with Gasteiger partial charge in [0.15, 0.2) is 0 Å². The number of carboxylic acid groups (broad SMARTS) is 1. The maximum Gasteiger partial charge on any atom is 0.307 e. The Hall–Kier alpha value is -1.84. The second-order valence-corrected chi connectivity index (χ2v) is 6.25. The molecule has 110 valence electrons. The van der Waals surface area contributed by atoms with Crippen LogP contribution in [0.25, 0.3) is 0 Å². The van der Waals surface area contributed by atoms with Crippen molar-refractivity contribution in [3.8, 4) is 0 Å². The number of para-hydroxylation sites is 1. The lowest BCUT2D eigenvalue weighted by molar-refractivity contribution is -0.136. The van der Waals surface area contributed by atoms with E-state index < -0.39 is 5.97 Å². The van der Waals surface area contributed by atoms with Gasteiger partial charge < -0.3 is 10.4 Å². The van der Waals surface area contributed by atoms with E-state index in [9.17, 15) is 9.59 Å². The number of hydrogen-bond donors (Lipinski definition) is 2. The number of carboxylic acids is 1. The van der Waals surface area contributed by atoms with Crippen LogP contribution in [0.2, 0.25) is 0 Å². The summed E-state index contributed by atoms with van der Waals surface area (Å²) < 4.78 is 0. The summed E-state index contributed by atoms with van der Waals surface area (Å²) in [6.07, 6.45) is 0.330. The number of aliphatic carboxylic acids is 1. The van der Waals surface area contributed by atoms with E-state index in [2.05, 4.69) is 26.1 Å². The largest absolute Gasteiger partial charge is 0.481 e. The van der Waals surface area contributed by atoms with Crippen LogP contribution in [-0.2, 0) is 16.0 Å². The summed E-state index contributed by atoms with van der Waals surface area (Å²) in [5.41, 5.74) is 1.27. The average molecular weight is 277 g/mol. The van der Waals surface area contributed by atoms with E-state index in [4.69, 9.17) is 5.11 Å². The number of amides is 1. The molecule has 0 bridgehead atoms. The van der Waals surface area contributed by atoms with Crippen molar-refractivity contribution in [3.05, 3.63) is 29.8 Å². The highest BCUT2D eigenvalue weighted by Gasteiger charge is 2.22. The molecule has 2 N–H and O–H groups in total. The van der Waals surface area contributed by atoms with Crippen LogP contribution in [0.4, 0.5) is 5.69 Å². The minimum absolute atomic E-state index is 0.0674. The Labute approximate surface area is 120 Å². The minimum Gasteiger partial charge on any atom is -0.481 e. The summed E-state index contributed by atoms with van der Waals surface area (Å²) in [6.45, 7) is 8.35. The Morgan fingerprint density at radius 2 is 1.85 bits per heavy atom. The van der Waals surface area contributed by atoms with E-state index >= 15 is 0 Å². The molecule has 20 heavy (non-hydrogen) atoms. The lowest BCUT2D eigenvalue weighted by Gasteiger charge is -2.26. The molecule has 1 unspecified atom stereocenters. The number of rotatable bonds is 5. The monoisotopic (exact) mass is 277 g/mol. The lowest BCUT2D eigenvalue weighted by atomic mass is 9.80. The van der Waals surface area contributed by atoms with Crippen molar-refractivity contribution in [2.45, 2.75) is 40.5 Å². The topological polar surface area (TPSA) is 66.4 Å². The Bertz CT molecular complexity index is 489. The quantitative estimate of drug-likeness (QED) is 0.867. The Morgan fingerprint density at radius 3 is 2.40 bits per heavy atom. The molecule has 0 radical (unpaired) electrons. The summed E-state index contributed by atoms with van der Waals surface area (Å²) in [5, 5.41) is 11.7. The summed E-state index contributed by atoms with van der Waals surface area (Å²) in [4.78, 5) is 22.9. The molecule has 1 amide bonds. The zero-order valence-corrected chi connectivity index (χ0v) is 12.6. The summed E-state index contributed by atoms with van der Waals surface area (Å²) >= 11 is 0. The van der Waals surface area contributed by atoms with Gasteiger partial charge in [-0.2, -0.15) is 0 Å². The molecule has 1 rings (SSSR count). The second kappa shape index (κ2) is 6.55. The molecule has 1 aromatic rings. The highest BCUT2D eigenvalue weighted by Crippen LogP contribution is 2.28. The van der Waals surface area contributed by atoms with Gasteiger partial charge in [0.2, 0.25) is 5.91 Å². The van der Waals surface area contributed by atoms with E-state index in [0.717, 1.165) is 0 Å². The van der Waals surface area contributed by atoms with Gasteiger partial charge in [-0.1, -0.05) is 45.9 Å². The molecule has 0 aliphatic carbocycles. The number of carbonyl (C=O) groups excluding carboxylic acids is 1. The molecule has 0 spiro atoms. The number of benzene rings is 1. The van der Waals surface area contributed by atoms with Crippen LogP contribution in [0, 0.1) is 11.3 Å². The summed E-state index contributed by atoms with van der Waals surface area (Å²) in [7, 11) is 0. The Morgan fingerprint density at radius 1 is 1.25 bits per heavy atom. The van der Waals surface area contributed by atoms with Crippen LogP contribution in [0.3, 0.4) is 0 Å². The third-order valence-corrected chi connectivity index (χ3v) is 3.60. The first-order valence-electron chi connectivity index (χ1n) is 6.79. The average Bonchev–Trinajstić information content (AvgIpc) is 2.29. The second-order valence-electron chi connectivity index (χ2n) is 6.25. The Kier molecular flexibility index (Phi) is 5.31. The Balaban J connectivity index is 2.73. The molecule has 1 atom stereocenters. The molecule has 4 nitrogen and oxygen atoms in total. The van der Waals surface area contributed by atoms with Gasteiger partial charge in [-0.3, -0.25) is 9.59 Å². The van der Waals surface area contributed by atoms with Crippen LogP contribution >= 0.6 is 0 Å². The van der Waals surface area contributed by atoms with E-state index in [-0.39, 0.29) is 23.7 Å². The van der Waals surface area contributed by atoms with Crippen molar-refractivity contribution >= 4 is 17.6 Å². The van der Waals surface area contributed by atoms with E-state index in [0.29, 0.717) is 17.7 Å². The fourth-order valence-corrected chi connectivity index (χ4v) is 1.74. The van der Waals surface area contributed by atoms with Crippen LogP contribution in [-0.4, -0.2) is 17.0 Å². The normalized spacial score (nSPS) is 12.8. The predicted octanol–water partition coefficient (Wildman–Crippen LogP) is 3.32. The van der Waals surface area contributed by atoms with Gasteiger partial charge in [-0.25, -0.2) is 0 Å². The first-order chi connectivity index (χ1) is 9.20. The van der Waals surface area contributed by atoms with Crippen LogP contribution in [0.15, 0.2) is 24.3 Å². The first kappa shape index (κ1) is 16.2. The molecule has 0 saturated carbocycles. The number of anilines is 1. The van der Waals surface area contributed by atoms with Crippen molar-refractivity contribution < 1.29 is 14.7 Å². The number of carbonyl (C=O) groups is 2. The smallest absolute Gasteiger partial charge is 0.307 e. The molecule has 4 heteroatoms. The summed E-state index contributed by atoms with van der Waals surface area (Å²) in [6, 6.07) is 7.01. The molecular formula is C16H23NO3. The number of hydrogen-bond acceptors (Lipinski definition) is 2. The molecule has 0 aliphatic heterocycles. The molecule has 0 heterocycles. The van der Waals surface area contributed by atoms with Crippen molar-refractivity contribution in [1.82, 2.24) is 0 Å². The van der Waals surface area contributed by atoms with Gasteiger partial charge in [-0.05, 0) is 23.0 Å². The van der Waals surface area contributed by atoms with Gasteiger partial charge in [0, 0.05) is 12.1 Å². The number of nitrogens with one attached hydrogen (secondary N) is 1. The van der Waals surface area contributed by atoms with Gasteiger partial charge in [0.05, 0.1) is 6.42 Å². The molecule has 0 aliphatic rings. The van der Waals surface area contributed by atoms with Gasteiger partial charge >= 0.3 is 5.97 Å². The highest BCUT2D eigenvalue weighted by atomic mass is 16.4. The molecule has 0 saturated heterocycles. The van der Waals surface area contributed by atoms with Crippen molar-refractivity contribution in [2.24, 2.45) is 11.3 Å². The van der Waals surface area contributed by atoms with Crippen LogP contribution < -0.4 is 5.32 Å².